The van der Waals surface area contributed by atoms with Gasteiger partial charge in [-0.2, -0.15) is 13.2 Å². The number of ether oxygens (including phenoxy) is 1. The number of carbonyl (C=O) groups is 1. The van der Waals surface area contributed by atoms with Crippen LogP contribution in [0.4, 0.5) is 18.9 Å². The first-order valence-electron chi connectivity index (χ1n) is 11.0. The lowest BCUT2D eigenvalue weighted by Crippen LogP contribution is -2.45. The van der Waals surface area contributed by atoms with E-state index in [0.29, 0.717) is 35.4 Å². The van der Waals surface area contributed by atoms with Gasteiger partial charge in [0.25, 0.3) is 0 Å². The molecular formula is C24H26F3N3O4. The number of hydrogen-bond donors (Lipinski definition) is 1. The summed E-state index contributed by atoms with van der Waals surface area (Å²) < 4.78 is 52.2. The molecule has 0 radical (unpaired) electrons. The monoisotopic (exact) mass is 477 g/mol. The average Bonchev–Trinajstić information content (AvgIpc) is 3.11. The van der Waals surface area contributed by atoms with E-state index in [1.165, 1.54) is 10.6 Å². The minimum absolute atomic E-state index is 0.252. The van der Waals surface area contributed by atoms with Gasteiger partial charge >= 0.3 is 11.9 Å². The second-order valence-corrected chi connectivity index (χ2v) is 8.73. The van der Waals surface area contributed by atoms with Crippen molar-refractivity contribution in [3.05, 3.63) is 64.1 Å². The topological polar surface area (TPSA) is 76.7 Å². The molecular weight excluding hydrogens is 451 g/mol. The highest BCUT2D eigenvalue weighted by molar-refractivity contribution is 6.00. The van der Waals surface area contributed by atoms with Crippen LogP contribution < -0.4 is 11.1 Å². The Labute approximate surface area is 194 Å². The molecule has 1 saturated heterocycles. The van der Waals surface area contributed by atoms with Crippen LogP contribution in [0.25, 0.3) is 11.1 Å². The number of amides is 1. The molecule has 0 unspecified atom stereocenters. The summed E-state index contributed by atoms with van der Waals surface area (Å²) >= 11 is 0. The zero-order chi connectivity index (χ0) is 24.5. The van der Waals surface area contributed by atoms with Gasteiger partial charge in [0.15, 0.2) is 5.58 Å². The minimum Gasteiger partial charge on any atom is -0.408 e. The summed E-state index contributed by atoms with van der Waals surface area (Å²) in [6.45, 7) is 1.54. The maximum Gasteiger partial charge on any atom is 0.419 e. The maximum absolute atomic E-state index is 13.5. The third-order valence-electron chi connectivity index (χ3n) is 6.22. The summed E-state index contributed by atoms with van der Waals surface area (Å²) in [5.74, 6) is -0.912. The van der Waals surface area contributed by atoms with Crippen molar-refractivity contribution in [2.45, 2.75) is 31.0 Å². The summed E-state index contributed by atoms with van der Waals surface area (Å²) in [5, 5.41) is 2.86. The molecule has 1 aliphatic rings. The van der Waals surface area contributed by atoms with Crippen molar-refractivity contribution >= 4 is 22.7 Å². The molecule has 2 heterocycles. The second kappa shape index (κ2) is 9.27. The molecule has 1 aromatic heterocycles. The van der Waals surface area contributed by atoms with Crippen molar-refractivity contribution in [1.29, 1.82) is 0 Å². The number of anilines is 1. The van der Waals surface area contributed by atoms with Gasteiger partial charge in [-0.25, -0.2) is 4.79 Å². The van der Waals surface area contributed by atoms with E-state index >= 15 is 0 Å². The summed E-state index contributed by atoms with van der Waals surface area (Å²) in [5.41, 5.74) is -0.321. The summed E-state index contributed by atoms with van der Waals surface area (Å²) in [7, 11) is 3.78. The van der Waals surface area contributed by atoms with Crippen molar-refractivity contribution in [1.82, 2.24) is 9.47 Å². The van der Waals surface area contributed by atoms with Crippen LogP contribution in [-0.2, 0) is 27.7 Å². The fourth-order valence-corrected chi connectivity index (χ4v) is 4.26. The molecule has 1 aliphatic heterocycles. The van der Waals surface area contributed by atoms with E-state index in [0.717, 1.165) is 12.1 Å². The van der Waals surface area contributed by atoms with Gasteiger partial charge in [-0.3, -0.25) is 9.36 Å². The Hall–Kier alpha value is -3.11. The van der Waals surface area contributed by atoms with Crippen LogP contribution in [0.1, 0.15) is 24.0 Å². The molecule has 0 saturated carbocycles. The smallest absolute Gasteiger partial charge is 0.408 e. The highest BCUT2D eigenvalue weighted by Gasteiger charge is 2.43. The quantitative estimate of drug-likeness (QED) is 0.584. The molecule has 0 bridgehead atoms. The van der Waals surface area contributed by atoms with Crippen LogP contribution in [0, 0.1) is 0 Å². The predicted molar refractivity (Wildman–Crippen MR) is 121 cm³/mol. The Bertz CT molecular complexity index is 1240. The molecule has 182 valence electrons. The molecule has 4 rings (SSSR count). The lowest BCUT2D eigenvalue weighted by Gasteiger charge is -2.36. The number of fused-ring (bicyclic) bond motifs is 1. The fraction of sp³-hybridized carbons (Fsp3) is 0.417. The van der Waals surface area contributed by atoms with Gasteiger partial charge in [-0.15, -0.1) is 0 Å². The number of hydrogen-bond acceptors (Lipinski definition) is 5. The number of likely N-dealkylation sites (N-methyl/N-ethyl adjacent to an activating group) is 1. The van der Waals surface area contributed by atoms with Crippen LogP contribution in [0.15, 0.2) is 51.7 Å². The number of benzene rings is 2. The molecule has 0 atom stereocenters. The van der Waals surface area contributed by atoms with E-state index in [2.05, 4.69) is 5.32 Å². The van der Waals surface area contributed by atoms with Crippen molar-refractivity contribution in [3.8, 4) is 0 Å². The van der Waals surface area contributed by atoms with Gasteiger partial charge < -0.3 is 19.4 Å². The van der Waals surface area contributed by atoms with Gasteiger partial charge in [0.2, 0.25) is 5.91 Å². The van der Waals surface area contributed by atoms with E-state index < -0.39 is 28.8 Å². The Morgan fingerprint density at radius 3 is 2.56 bits per heavy atom. The Morgan fingerprint density at radius 1 is 1.15 bits per heavy atom. The highest BCUT2D eigenvalue weighted by Crippen LogP contribution is 2.39. The number of rotatable bonds is 6. The lowest BCUT2D eigenvalue weighted by atomic mass is 9.73. The van der Waals surface area contributed by atoms with E-state index in [9.17, 15) is 22.8 Å². The predicted octanol–water partition coefficient (Wildman–Crippen LogP) is 3.86. The zero-order valence-corrected chi connectivity index (χ0v) is 18.9. The summed E-state index contributed by atoms with van der Waals surface area (Å²) in [6, 6.07) is 9.77. The minimum atomic E-state index is -4.51. The normalized spacial score (nSPS) is 16.2. The van der Waals surface area contributed by atoms with E-state index in [-0.39, 0.29) is 26.1 Å². The molecule has 1 fully saturated rings. The molecule has 34 heavy (non-hydrogen) atoms. The first kappa shape index (κ1) is 24.0. The Morgan fingerprint density at radius 2 is 1.88 bits per heavy atom. The van der Waals surface area contributed by atoms with E-state index in [1.807, 2.05) is 19.0 Å². The Balaban J connectivity index is 1.68. The third-order valence-corrected chi connectivity index (χ3v) is 6.22. The SMILES string of the molecule is CN(C)CCn1c(=O)oc2ccc(NC(=O)C3(c4cccc(C(F)(F)F)c4)CCOCC3)cc21. The van der Waals surface area contributed by atoms with E-state index in [4.69, 9.17) is 9.15 Å². The molecule has 0 spiro atoms. The standard InChI is InChI=1S/C24H26F3N3O4/c1-29(2)10-11-30-19-15-18(6-7-20(19)34-22(30)32)28-21(31)23(8-12-33-13-9-23)16-4-3-5-17(14-16)24(25,26)27/h3-7,14-15H,8-13H2,1-2H3,(H,28,31). The number of aromatic nitrogens is 1. The van der Waals surface area contributed by atoms with Gasteiger partial charge in [0.05, 0.1) is 16.5 Å². The van der Waals surface area contributed by atoms with Crippen molar-refractivity contribution in [2.75, 3.05) is 39.2 Å². The largest absolute Gasteiger partial charge is 0.419 e. The molecule has 10 heteroatoms. The van der Waals surface area contributed by atoms with Gasteiger partial charge in [-0.1, -0.05) is 18.2 Å². The number of nitrogens with zero attached hydrogens (tertiary/aromatic N) is 2. The molecule has 1 N–H and O–H groups in total. The first-order chi connectivity index (χ1) is 16.1. The Kier molecular flexibility index (Phi) is 6.55. The van der Waals surface area contributed by atoms with Crippen molar-refractivity contribution < 1.29 is 27.1 Å². The highest BCUT2D eigenvalue weighted by atomic mass is 19.4. The summed E-state index contributed by atoms with van der Waals surface area (Å²) in [6.07, 6.45) is -4.01. The fourth-order valence-electron chi connectivity index (χ4n) is 4.26. The number of halogens is 3. The van der Waals surface area contributed by atoms with Crippen LogP contribution in [0.3, 0.4) is 0 Å². The number of carbonyl (C=O) groups excluding carboxylic acids is 1. The van der Waals surface area contributed by atoms with Gasteiger partial charge in [-0.05, 0) is 56.8 Å². The molecule has 7 nitrogen and oxygen atoms in total. The maximum atomic E-state index is 13.5. The van der Waals surface area contributed by atoms with Gasteiger partial charge in [0, 0.05) is 32.0 Å². The molecule has 1 amide bonds. The second-order valence-electron chi connectivity index (χ2n) is 8.73. The number of nitrogens with one attached hydrogen (secondary N) is 1. The van der Waals surface area contributed by atoms with Crippen LogP contribution in [-0.4, -0.2) is 49.2 Å². The lowest BCUT2D eigenvalue weighted by molar-refractivity contribution is -0.138. The van der Waals surface area contributed by atoms with Crippen LogP contribution in [0.5, 0.6) is 0 Å². The summed E-state index contributed by atoms with van der Waals surface area (Å²) in [4.78, 5) is 27.7. The molecule has 3 aromatic rings. The molecule has 0 aliphatic carbocycles. The van der Waals surface area contributed by atoms with Crippen LogP contribution >= 0.6 is 0 Å². The van der Waals surface area contributed by atoms with Crippen LogP contribution in [0.2, 0.25) is 0 Å². The zero-order valence-electron chi connectivity index (χ0n) is 18.9. The van der Waals surface area contributed by atoms with Gasteiger partial charge in [0.1, 0.15) is 0 Å². The van der Waals surface area contributed by atoms with Crippen molar-refractivity contribution in [2.24, 2.45) is 0 Å². The number of alkyl halides is 3. The molecule has 2 aromatic carbocycles. The number of oxazole rings is 1. The van der Waals surface area contributed by atoms with E-state index in [1.54, 1.807) is 24.3 Å². The first-order valence-corrected chi connectivity index (χ1v) is 11.0. The average molecular weight is 477 g/mol. The van der Waals surface area contributed by atoms with Crippen molar-refractivity contribution in [3.63, 3.8) is 0 Å². The third kappa shape index (κ3) is 4.74.